The second-order valence-corrected chi connectivity index (χ2v) is 8.85. The summed E-state index contributed by atoms with van der Waals surface area (Å²) >= 11 is 0. The summed E-state index contributed by atoms with van der Waals surface area (Å²) in [6.07, 6.45) is -0.560. The van der Waals surface area contributed by atoms with Crippen molar-refractivity contribution < 1.29 is 14.3 Å². The van der Waals surface area contributed by atoms with E-state index in [0.29, 0.717) is 0 Å². The van der Waals surface area contributed by atoms with Gasteiger partial charge < -0.3 is 9.64 Å². The Hall–Kier alpha value is -3.44. The predicted octanol–water partition coefficient (Wildman–Crippen LogP) is 5.18. The van der Waals surface area contributed by atoms with E-state index in [-0.39, 0.29) is 24.3 Å². The molecule has 1 fully saturated rings. The SMILES string of the molecule is CC(=O)CC(=O)OC(C)c1ccc(N2CCN(C(c3ccccc3)c3ccccc3)CC2)cc1. The highest BCUT2D eigenvalue weighted by Gasteiger charge is 2.26. The minimum atomic E-state index is -0.480. The molecule has 1 heterocycles. The first kappa shape index (κ1) is 23.7. The van der Waals surface area contributed by atoms with Gasteiger partial charge in [-0.15, -0.1) is 0 Å². The van der Waals surface area contributed by atoms with E-state index in [1.165, 1.54) is 23.7 Å². The quantitative estimate of drug-likeness (QED) is 0.345. The van der Waals surface area contributed by atoms with Gasteiger partial charge in [-0.3, -0.25) is 14.5 Å². The molecule has 5 heteroatoms. The van der Waals surface area contributed by atoms with Crippen molar-refractivity contribution in [2.24, 2.45) is 0 Å². The Labute approximate surface area is 202 Å². The third-order valence-corrected chi connectivity index (χ3v) is 6.34. The van der Waals surface area contributed by atoms with E-state index in [0.717, 1.165) is 31.7 Å². The molecule has 0 aromatic heterocycles. The lowest BCUT2D eigenvalue weighted by Crippen LogP contribution is -2.48. The highest BCUT2D eigenvalue weighted by atomic mass is 16.5. The summed E-state index contributed by atoms with van der Waals surface area (Å²) < 4.78 is 5.38. The van der Waals surface area contributed by atoms with Gasteiger partial charge in [-0.25, -0.2) is 0 Å². The van der Waals surface area contributed by atoms with E-state index in [4.69, 9.17) is 4.74 Å². The van der Waals surface area contributed by atoms with Gasteiger partial charge in [0, 0.05) is 31.9 Å². The summed E-state index contributed by atoms with van der Waals surface area (Å²) in [5.41, 5.74) is 4.73. The van der Waals surface area contributed by atoms with Gasteiger partial charge in [-0.05, 0) is 42.7 Å². The summed E-state index contributed by atoms with van der Waals surface area (Å²) in [7, 11) is 0. The highest BCUT2D eigenvalue weighted by Crippen LogP contribution is 2.30. The number of ether oxygens (including phenoxy) is 1. The summed E-state index contributed by atoms with van der Waals surface area (Å²) in [6.45, 7) is 7.05. The molecule has 1 aliphatic rings. The fourth-order valence-corrected chi connectivity index (χ4v) is 4.59. The molecule has 0 bridgehead atoms. The summed E-state index contributed by atoms with van der Waals surface area (Å²) in [5.74, 6) is -0.667. The molecule has 3 aromatic carbocycles. The third kappa shape index (κ3) is 5.91. The van der Waals surface area contributed by atoms with Crippen molar-refractivity contribution in [2.75, 3.05) is 31.1 Å². The molecular formula is C29H32N2O3. The Morgan fingerprint density at radius 1 is 0.765 bits per heavy atom. The molecule has 5 nitrogen and oxygen atoms in total. The minimum absolute atomic E-state index is 0.181. The van der Waals surface area contributed by atoms with Crippen LogP contribution >= 0.6 is 0 Å². The van der Waals surface area contributed by atoms with Crippen LogP contribution in [-0.4, -0.2) is 42.8 Å². The number of nitrogens with zero attached hydrogens (tertiary/aromatic N) is 2. The number of benzene rings is 3. The van der Waals surface area contributed by atoms with Crippen LogP contribution in [0.15, 0.2) is 84.9 Å². The number of rotatable bonds is 8. The molecule has 4 rings (SSSR count). The van der Waals surface area contributed by atoms with Gasteiger partial charge >= 0.3 is 5.97 Å². The van der Waals surface area contributed by atoms with Crippen molar-refractivity contribution in [3.05, 3.63) is 102 Å². The van der Waals surface area contributed by atoms with Crippen molar-refractivity contribution in [1.29, 1.82) is 0 Å². The monoisotopic (exact) mass is 456 g/mol. The predicted molar refractivity (Wildman–Crippen MR) is 135 cm³/mol. The largest absolute Gasteiger partial charge is 0.457 e. The summed E-state index contributed by atoms with van der Waals surface area (Å²) in [6, 6.07) is 29.9. The van der Waals surface area contributed by atoms with Crippen LogP contribution < -0.4 is 4.90 Å². The highest BCUT2D eigenvalue weighted by molar-refractivity contribution is 5.94. The average molecular weight is 457 g/mol. The Balaban J connectivity index is 1.40. The molecule has 0 aliphatic carbocycles. The second kappa shape index (κ2) is 11.1. The number of hydrogen-bond donors (Lipinski definition) is 0. The van der Waals surface area contributed by atoms with Gasteiger partial charge in [0.15, 0.2) is 0 Å². The van der Waals surface area contributed by atoms with Gasteiger partial charge in [0.1, 0.15) is 18.3 Å². The van der Waals surface area contributed by atoms with Crippen LogP contribution in [0.3, 0.4) is 0 Å². The minimum Gasteiger partial charge on any atom is -0.457 e. The molecule has 34 heavy (non-hydrogen) atoms. The maximum absolute atomic E-state index is 11.8. The van der Waals surface area contributed by atoms with E-state index in [2.05, 4.69) is 82.6 Å². The number of hydrogen-bond acceptors (Lipinski definition) is 5. The van der Waals surface area contributed by atoms with Crippen molar-refractivity contribution >= 4 is 17.4 Å². The topological polar surface area (TPSA) is 49.9 Å². The van der Waals surface area contributed by atoms with Crippen LogP contribution in [-0.2, 0) is 14.3 Å². The lowest BCUT2D eigenvalue weighted by Gasteiger charge is -2.40. The fourth-order valence-electron chi connectivity index (χ4n) is 4.59. The van der Waals surface area contributed by atoms with Gasteiger partial charge in [0.05, 0.1) is 6.04 Å². The van der Waals surface area contributed by atoms with E-state index in [9.17, 15) is 9.59 Å². The molecule has 176 valence electrons. The first-order valence-corrected chi connectivity index (χ1v) is 11.9. The number of Topliss-reactive ketones (excluding diaryl/α,β-unsaturated/α-hetero) is 1. The van der Waals surface area contributed by atoms with Crippen LogP contribution in [0, 0.1) is 0 Å². The van der Waals surface area contributed by atoms with E-state index >= 15 is 0 Å². The van der Waals surface area contributed by atoms with Crippen LogP contribution in [0.25, 0.3) is 0 Å². The lowest BCUT2D eigenvalue weighted by atomic mass is 9.96. The van der Waals surface area contributed by atoms with Crippen LogP contribution in [0.2, 0.25) is 0 Å². The second-order valence-electron chi connectivity index (χ2n) is 8.85. The Kier molecular flexibility index (Phi) is 7.76. The molecule has 0 amide bonds. The first-order valence-electron chi connectivity index (χ1n) is 11.9. The van der Waals surface area contributed by atoms with Gasteiger partial charge in [-0.1, -0.05) is 72.8 Å². The first-order chi connectivity index (χ1) is 16.5. The number of carbonyl (C=O) groups is 2. The number of anilines is 1. The van der Waals surface area contributed by atoms with E-state index < -0.39 is 5.97 Å². The maximum atomic E-state index is 11.8. The van der Waals surface area contributed by atoms with Crippen LogP contribution in [0.5, 0.6) is 0 Å². The zero-order valence-corrected chi connectivity index (χ0v) is 19.9. The standard InChI is InChI=1S/C29H32N2O3/c1-22(32)21-28(33)34-23(2)24-13-15-27(16-14-24)30-17-19-31(20-18-30)29(25-9-5-3-6-10-25)26-11-7-4-8-12-26/h3-16,23,29H,17-21H2,1-2H3. The van der Waals surface area contributed by atoms with E-state index in [1.807, 2.05) is 19.1 Å². The number of carbonyl (C=O) groups excluding carboxylic acids is 2. The normalized spacial score (nSPS) is 15.2. The van der Waals surface area contributed by atoms with Crippen LogP contribution in [0.4, 0.5) is 5.69 Å². The van der Waals surface area contributed by atoms with Crippen LogP contribution in [0.1, 0.15) is 49.1 Å². The molecule has 1 saturated heterocycles. The van der Waals surface area contributed by atoms with Crippen molar-refractivity contribution in [3.8, 4) is 0 Å². The number of ketones is 1. The molecule has 0 saturated carbocycles. The maximum Gasteiger partial charge on any atom is 0.313 e. The average Bonchev–Trinajstić information content (AvgIpc) is 2.85. The zero-order chi connectivity index (χ0) is 23.9. The molecule has 0 N–H and O–H groups in total. The number of esters is 1. The lowest BCUT2D eigenvalue weighted by molar-refractivity contribution is -0.150. The molecule has 1 unspecified atom stereocenters. The Morgan fingerprint density at radius 2 is 1.29 bits per heavy atom. The van der Waals surface area contributed by atoms with E-state index in [1.54, 1.807) is 0 Å². The smallest absolute Gasteiger partial charge is 0.313 e. The van der Waals surface area contributed by atoms with Gasteiger partial charge in [-0.2, -0.15) is 0 Å². The van der Waals surface area contributed by atoms with Gasteiger partial charge in [0.25, 0.3) is 0 Å². The molecule has 1 atom stereocenters. The molecule has 0 radical (unpaired) electrons. The molecule has 1 aliphatic heterocycles. The Bertz CT molecular complexity index is 1040. The molecule has 0 spiro atoms. The summed E-state index contributed by atoms with van der Waals surface area (Å²) in [4.78, 5) is 27.9. The number of piperazine rings is 1. The Morgan fingerprint density at radius 3 is 1.79 bits per heavy atom. The van der Waals surface area contributed by atoms with Crippen molar-refractivity contribution in [3.63, 3.8) is 0 Å². The van der Waals surface area contributed by atoms with Crippen molar-refractivity contribution in [2.45, 2.75) is 32.4 Å². The molecule has 3 aromatic rings. The van der Waals surface area contributed by atoms with Crippen molar-refractivity contribution in [1.82, 2.24) is 4.90 Å². The third-order valence-electron chi connectivity index (χ3n) is 6.34. The molecular weight excluding hydrogens is 424 g/mol. The summed E-state index contributed by atoms with van der Waals surface area (Å²) in [5, 5.41) is 0. The zero-order valence-electron chi connectivity index (χ0n) is 19.9. The van der Waals surface area contributed by atoms with Gasteiger partial charge in [0.2, 0.25) is 0 Å². The fraction of sp³-hybridized carbons (Fsp3) is 0.310.